The Morgan fingerprint density at radius 3 is 2.61 bits per heavy atom. The molecule has 0 fully saturated rings. The molecule has 0 aliphatic carbocycles. The van der Waals surface area contributed by atoms with Crippen molar-refractivity contribution in [2.75, 3.05) is 33.4 Å². The Hall–Kier alpha value is -1.12. The summed E-state index contributed by atoms with van der Waals surface area (Å²) < 4.78 is 4.89. The molecule has 0 aliphatic rings. The molecule has 1 atom stereocenters. The molecule has 0 aromatic rings. The van der Waals surface area contributed by atoms with E-state index in [1.165, 1.54) is 0 Å². The van der Waals surface area contributed by atoms with Crippen LogP contribution < -0.4 is 5.32 Å². The van der Waals surface area contributed by atoms with E-state index in [0.29, 0.717) is 32.0 Å². The number of carbonyl (C=O) groups excluding carboxylic acids is 1. The zero-order valence-corrected chi connectivity index (χ0v) is 11.9. The van der Waals surface area contributed by atoms with Gasteiger partial charge in [0.15, 0.2) is 0 Å². The average Bonchev–Trinajstić information content (AvgIpc) is 2.33. The minimum absolute atomic E-state index is 0.00867. The average molecular weight is 255 g/mol. The van der Waals surface area contributed by atoms with Crippen LogP contribution in [0.25, 0.3) is 0 Å². The fourth-order valence-corrected chi connectivity index (χ4v) is 1.70. The lowest BCUT2D eigenvalue weighted by molar-refractivity contribution is -0.126. The molecule has 0 bridgehead atoms. The van der Waals surface area contributed by atoms with Gasteiger partial charge in [0.2, 0.25) is 5.91 Å². The Morgan fingerprint density at radius 1 is 1.44 bits per heavy atom. The summed E-state index contributed by atoms with van der Waals surface area (Å²) in [5, 5.41) is 11.5. The van der Waals surface area contributed by atoms with E-state index >= 15 is 0 Å². The second kappa shape index (κ2) is 9.86. The van der Waals surface area contributed by atoms with Crippen molar-refractivity contribution in [3.63, 3.8) is 0 Å². The third kappa shape index (κ3) is 7.25. The highest BCUT2D eigenvalue weighted by Gasteiger charge is 2.21. The van der Waals surface area contributed by atoms with Crippen molar-refractivity contribution in [3.8, 4) is 6.07 Å². The van der Waals surface area contributed by atoms with Gasteiger partial charge in [-0.15, -0.1) is 0 Å². The summed E-state index contributed by atoms with van der Waals surface area (Å²) in [6, 6.07) is 1.91. The molecule has 5 heteroatoms. The van der Waals surface area contributed by atoms with E-state index in [0.717, 1.165) is 6.54 Å². The summed E-state index contributed by atoms with van der Waals surface area (Å²) in [6.45, 7) is 8.58. The number of ether oxygens (including phenoxy) is 1. The molecule has 0 saturated heterocycles. The predicted molar refractivity (Wildman–Crippen MR) is 71.0 cm³/mol. The van der Waals surface area contributed by atoms with Crippen molar-refractivity contribution in [2.45, 2.75) is 33.2 Å². The topological polar surface area (TPSA) is 65.4 Å². The predicted octanol–water partition coefficient (Wildman–Crippen LogP) is 1.01. The molecule has 0 heterocycles. The number of methoxy groups -OCH3 is 1. The van der Waals surface area contributed by atoms with Crippen molar-refractivity contribution in [3.05, 3.63) is 0 Å². The number of rotatable bonds is 9. The molecule has 0 aromatic heterocycles. The number of amides is 1. The van der Waals surface area contributed by atoms with E-state index in [-0.39, 0.29) is 11.9 Å². The number of carbonyl (C=O) groups is 1. The molecule has 18 heavy (non-hydrogen) atoms. The molecule has 0 spiro atoms. The first-order valence-electron chi connectivity index (χ1n) is 6.40. The van der Waals surface area contributed by atoms with Crippen molar-refractivity contribution in [1.29, 1.82) is 5.26 Å². The van der Waals surface area contributed by atoms with E-state index in [9.17, 15) is 4.79 Å². The third-order valence-electron chi connectivity index (χ3n) is 2.64. The zero-order chi connectivity index (χ0) is 14.0. The number of hydrogen-bond donors (Lipinski definition) is 1. The molecule has 104 valence electrons. The fraction of sp³-hybridized carbons (Fsp3) is 0.846. The van der Waals surface area contributed by atoms with Crippen LogP contribution in [0, 0.1) is 17.2 Å². The van der Waals surface area contributed by atoms with Crippen molar-refractivity contribution in [2.24, 2.45) is 5.92 Å². The second-order valence-electron chi connectivity index (χ2n) is 4.76. The highest BCUT2D eigenvalue weighted by Crippen LogP contribution is 2.05. The van der Waals surface area contributed by atoms with Crippen LogP contribution in [0.5, 0.6) is 0 Å². The summed E-state index contributed by atoms with van der Waals surface area (Å²) in [7, 11) is 1.60. The first-order chi connectivity index (χ1) is 8.52. The number of nitriles is 1. The molecule has 1 N–H and O–H groups in total. The fourth-order valence-electron chi connectivity index (χ4n) is 1.70. The Morgan fingerprint density at radius 2 is 2.11 bits per heavy atom. The molecule has 0 radical (unpaired) electrons. The lowest BCUT2D eigenvalue weighted by Gasteiger charge is -2.29. The Kier molecular flexibility index (Phi) is 9.25. The molecule has 0 aliphatic heterocycles. The summed E-state index contributed by atoms with van der Waals surface area (Å²) in [5.41, 5.74) is 0. The van der Waals surface area contributed by atoms with E-state index in [1.54, 1.807) is 7.11 Å². The van der Waals surface area contributed by atoms with Crippen molar-refractivity contribution >= 4 is 5.91 Å². The van der Waals surface area contributed by atoms with E-state index in [1.807, 2.05) is 6.92 Å². The maximum absolute atomic E-state index is 11.9. The summed E-state index contributed by atoms with van der Waals surface area (Å²) in [5.74, 6) is 0.462. The summed E-state index contributed by atoms with van der Waals surface area (Å²) in [4.78, 5) is 14.0. The van der Waals surface area contributed by atoms with Gasteiger partial charge in [-0.05, 0) is 12.8 Å². The van der Waals surface area contributed by atoms with Crippen LogP contribution in [0.2, 0.25) is 0 Å². The van der Waals surface area contributed by atoms with Gasteiger partial charge >= 0.3 is 0 Å². The molecule has 0 saturated carbocycles. The second-order valence-corrected chi connectivity index (χ2v) is 4.76. The SMILES string of the molecule is COCCNC(=O)C(C)N(CCC#N)CC(C)C. The lowest BCUT2D eigenvalue weighted by atomic mass is 10.1. The van der Waals surface area contributed by atoms with Crippen LogP contribution in [0.1, 0.15) is 27.2 Å². The van der Waals surface area contributed by atoms with Gasteiger partial charge in [-0.3, -0.25) is 9.69 Å². The molecule has 5 nitrogen and oxygen atoms in total. The Bertz CT molecular complexity index is 274. The number of nitrogens with one attached hydrogen (secondary N) is 1. The van der Waals surface area contributed by atoms with Gasteiger partial charge in [0.25, 0.3) is 0 Å². The van der Waals surface area contributed by atoms with Crippen LogP contribution in [0.4, 0.5) is 0 Å². The van der Waals surface area contributed by atoms with Crippen LogP contribution in [-0.2, 0) is 9.53 Å². The van der Waals surface area contributed by atoms with Gasteiger partial charge in [0, 0.05) is 33.2 Å². The normalized spacial score (nSPS) is 12.5. The minimum Gasteiger partial charge on any atom is -0.383 e. The van der Waals surface area contributed by atoms with Gasteiger partial charge in [-0.1, -0.05) is 13.8 Å². The first kappa shape index (κ1) is 16.9. The van der Waals surface area contributed by atoms with Gasteiger partial charge in [0.1, 0.15) is 0 Å². The summed E-state index contributed by atoms with van der Waals surface area (Å²) in [6.07, 6.45) is 0.447. The molecule has 0 rings (SSSR count). The maximum Gasteiger partial charge on any atom is 0.237 e. The third-order valence-corrected chi connectivity index (χ3v) is 2.64. The Balaban J connectivity index is 4.29. The number of nitrogens with zero attached hydrogens (tertiary/aromatic N) is 2. The highest BCUT2D eigenvalue weighted by atomic mass is 16.5. The maximum atomic E-state index is 11.9. The van der Waals surface area contributed by atoms with E-state index < -0.39 is 0 Å². The smallest absolute Gasteiger partial charge is 0.237 e. The van der Waals surface area contributed by atoms with Gasteiger partial charge < -0.3 is 10.1 Å². The molecular weight excluding hydrogens is 230 g/mol. The molecule has 0 aromatic carbocycles. The Labute approximate surface area is 110 Å². The summed E-state index contributed by atoms with van der Waals surface area (Å²) >= 11 is 0. The van der Waals surface area contributed by atoms with Gasteiger partial charge in [-0.25, -0.2) is 0 Å². The first-order valence-corrected chi connectivity index (χ1v) is 6.40. The molecular formula is C13H25N3O2. The zero-order valence-electron chi connectivity index (χ0n) is 11.9. The molecule has 1 unspecified atom stereocenters. The molecule has 1 amide bonds. The van der Waals surface area contributed by atoms with Gasteiger partial charge in [-0.2, -0.15) is 5.26 Å². The highest BCUT2D eigenvalue weighted by molar-refractivity contribution is 5.81. The van der Waals surface area contributed by atoms with Gasteiger partial charge in [0.05, 0.1) is 18.7 Å². The van der Waals surface area contributed by atoms with E-state index in [2.05, 4.69) is 30.1 Å². The van der Waals surface area contributed by atoms with Crippen LogP contribution in [0.3, 0.4) is 0 Å². The largest absolute Gasteiger partial charge is 0.383 e. The standard InChI is InChI=1S/C13H25N3O2/c1-11(2)10-16(8-5-6-14)12(3)13(17)15-7-9-18-4/h11-12H,5,7-10H2,1-4H3,(H,15,17). The van der Waals surface area contributed by atoms with Crippen LogP contribution in [-0.4, -0.2) is 50.2 Å². The van der Waals surface area contributed by atoms with Crippen LogP contribution >= 0.6 is 0 Å². The monoisotopic (exact) mass is 255 g/mol. The van der Waals surface area contributed by atoms with Crippen molar-refractivity contribution < 1.29 is 9.53 Å². The quantitative estimate of drug-likeness (QED) is 0.624. The lowest BCUT2D eigenvalue weighted by Crippen LogP contribution is -2.47. The number of hydrogen-bond acceptors (Lipinski definition) is 4. The van der Waals surface area contributed by atoms with Crippen LogP contribution in [0.15, 0.2) is 0 Å². The van der Waals surface area contributed by atoms with E-state index in [4.69, 9.17) is 10.00 Å². The minimum atomic E-state index is -0.211. The van der Waals surface area contributed by atoms with Crippen molar-refractivity contribution in [1.82, 2.24) is 10.2 Å².